The Balaban J connectivity index is 1.83. The standard InChI is InChI=1S/C19H26N6O2/c1-12(2)19(25-11-14(21-23-25)5-8-18(26)22-27)17-10-13-9-15(24(3)4)6-7-16(13)20-17/h5-7,9-10,12,19-20,27H,8,11H2,1-4H3,(H,22,26)/b14-5-. The number of aromatic amines is 1. The van der Waals surface area contributed by atoms with Crippen molar-refractivity contribution in [3.05, 3.63) is 41.7 Å². The van der Waals surface area contributed by atoms with E-state index in [-0.39, 0.29) is 12.5 Å². The average Bonchev–Trinajstić information content (AvgIpc) is 3.25. The number of rotatable bonds is 6. The van der Waals surface area contributed by atoms with Gasteiger partial charge in [0, 0.05) is 42.8 Å². The van der Waals surface area contributed by atoms with Crippen LogP contribution in [0.3, 0.4) is 0 Å². The lowest BCUT2D eigenvalue weighted by molar-refractivity contribution is -0.128. The molecule has 8 heteroatoms. The van der Waals surface area contributed by atoms with Crippen molar-refractivity contribution in [3.63, 3.8) is 0 Å². The van der Waals surface area contributed by atoms with Crippen molar-refractivity contribution in [2.24, 2.45) is 16.3 Å². The van der Waals surface area contributed by atoms with E-state index in [2.05, 4.69) is 58.3 Å². The molecule has 0 bridgehead atoms. The molecule has 1 aliphatic rings. The highest BCUT2D eigenvalue weighted by atomic mass is 16.5. The number of nitrogens with zero attached hydrogens (tertiary/aromatic N) is 4. The molecule has 0 saturated carbocycles. The Morgan fingerprint density at radius 1 is 1.41 bits per heavy atom. The lowest BCUT2D eigenvalue weighted by atomic mass is 10.00. The van der Waals surface area contributed by atoms with Crippen molar-refractivity contribution in [1.29, 1.82) is 0 Å². The molecule has 1 atom stereocenters. The summed E-state index contributed by atoms with van der Waals surface area (Å²) in [7, 11) is 4.06. The van der Waals surface area contributed by atoms with Gasteiger partial charge in [0.2, 0.25) is 5.91 Å². The number of H-pyrrole nitrogens is 1. The number of carbonyl (C=O) groups excluding carboxylic acids is 1. The maximum Gasteiger partial charge on any atom is 0.247 e. The maximum atomic E-state index is 11.2. The number of amides is 1. The molecule has 1 amide bonds. The highest BCUT2D eigenvalue weighted by Crippen LogP contribution is 2.34. The van der Waals surface area contributed by atoms with E-state index in [4.69, 9.17) is 5.21 Å². The zero-order valence-corrected chi connectivity index (χ0v) is 16.1. The average molecular weight is 370 g/mol. The van der Waals surface area contributed by atoms with Crippen LogP contribution in [0.1, 0.15) is 32.0 Å². The molecule has 0 radical (unpaired) electrons. The molecule has 1 unspecified atom stereocenters. The molecule has 3 rings (SSSR count). The monoisotopic (exact) mass is 370 g/mol. The van der Waals surface area contributed by atoms with E-state index in [1.807, 2.05) is 19.1 Å². The molecule has 1 aromatic heterocycles. The number of hydrogen-bond acceptors (Lipinski definition) is 6. The van der Waals surface area contributed by atoms with E-state index < -0.39 is 5.91 Å². The Bertz CT molecular complexity index is 883. The number of fused-ring (bicyclic) bond motifs is 1. The SMILES string of the molecule is CC(C)C(c1cc2cc(N(C)C)ccc2[nH]1)N1C/C(=C/CC(=O)NO)N=N1. The topological polar surface area (TPSA) is 96.3 Å². The summed E-state index contributed by atoms with van der Waals surface area (Å²) in [4.78, 5) is 16.8. The van der Waals surface area contributed by atoms with Crippen molar-refractivity contribution in [3.8, 4) is 0 Å². The molecule has 3 N–H and O–H groups in total. The van der Waals surface area contributed by atoms with Gasteiger partial charge in [0.25, 0.3) is 0 Å². The van der Waals surface area contributed by atoms with Gasteiger partial charge in [0.1, 0.15) is 0 Å². The van der Waals surface area contributed by atoms with Crippen molar-refractivity contribution in [2.75, 3.05) is 25.5 Å². The molecule has 8 nitrogen and oxygen atoms in total. The number of nitrogens with one attached hydrogen (secondary N) is 2. The van der Waals surface area contributed by atoms with Gasteiger partial charge in [0.05, 0.1) is 18.3 Å². The Morgan fingerprint density at radius 2 is 2.19 bits per heavy atom. The first-order chi connectivity index (χ1) is 12.9. The van der Waals surface area contributed by atoms with Gasteiger partial charge in [-0.3, -0.25) is 15.0 Å². The summed E-state index contributed by atoms with van der Waals surface area (Å²) in [6, 6.07) is 8.56. The van der Waals surface area contributed by atoms with Gasteiger partial charge in [0.15, 0.2) is 0 Å². The smallest absolute Gasteiger partial charge is 0.247 e. The third kappa shape index (κ3) is 4.11. The van der Waals surface area contributed by atoms with Crippen molar-refractivity contribution in [1.82, 2.24) is 15.5 Å². The number of hydroxylamine groups is 1. The van der Waals surface area contributed by atoms with E-state index in [0.29, 0.717) is 12.5 Å². The molecular formula is C19H26N6O2. The fourth-order valence-corrected chi connectivity index (χ4v) is 3.30. The summed E-state index contributed by atoms with van der Waals surface area (Å²) < 4.78 is 0. The third-order valence-electron chi connectivity index (χ3n) is 4.67. The first-order valence-corrected chi connectivity index (χ1v) is 8.99. The molecule has 0 fully saturated rings. The molecule has 0 spiro atoms. The quantitative estimate of drug-likeness (QED) is 0.536. The third-order valence-corrected chi connectivity index (χ3v) is 4.67. The van der Waals surface area contributed by atoms with Gasteiger partial charge in [-0.25, -0.2) is 5.48 Å². The highest BCUT2D eigenvalue weighted by molar-refractivity contribution is 5.84. The second-order valence-corrected chi connectivity index (χ2v) is 7.30. The number of anilines is 1. The number of benzene rings is 1. The van der Waals surface area contributed by atoms with Gasteiger partial charge >= 0.3 is 0 Å². The number of aromatic nitrogens is 1. The molecule has 2 heterocycles. The molecule has 1 aromatic carbocycles. The van der Waals surface area contributed by atoms with E-state index >= 15 is 0 Å². The minimum absolute atomic E-state index is 0.0431. The minimum Gasteiger partial charge on any atom is -0.378 e. The van der Waals surface area contributed by atoms with E-state index in [1.54, 1.807) is 11.6 Å². The van der Waals surface area contributed by atoms with Crippen molar-refractivity contribution >= 4 is 22.5 Å². The van der Waals surface area contributed by atoms with Gasteiger partial charge in [-0.05, 0) is 36.3 Å². The van der Waals surface area contributed by atoms with Gasteiger partial charge in [-0.1, -0.05) is 19.1 Å². The van der Waals surface area contributed by atoms with Crippen LogP contribution in [-0.4, -0.2) is 41.7 Å². The molecular weight excluding hydrogens is 344 g/mol. The van der Waals surface area contributed by atoms with Crippen LogP contribution >= 0.6 is 0 Å². The second-order valence-electron chi connectivity index (χ2n) is 7.30. The van der Waals surface area contributed by atoms with E-state index in [1.165, 1.54) is 0 Å². The van der Waals surface area contributed by atoms with E-state index in [9.17, 15) is 4.79 Å². The highest BCUT2D eigenvalue weighted by Gasteiger charge is 2.28. The van der Waals surface area contributed by atoms with Crippen LogP contribution in [0.25, 0.3) is 10.9 Å². The number of carbonyl (C=O) groups is 1. The first-order valence-electron chi connectivity index (χ1n) is 8.99. The minimum atomic E-state index is -0.469. The normalized spacial score (nSPS) is 16.5. The lowest BCUT2D eigenvalue weighted by Gasteiger charge is -2.27. The predicted octanol–water partition coefficient (Wildman–Crippen LogP) is 3.39. The lowest BCUT2D eigenvalue weighted by Crippen LogP contribution is -2.26. The van der Waals surface area contributed by atoms with Crippen LogP contribution in [0.2, 0.25) is 0 Å². The van der Waals surface area contributed by atoms with Crippen LogP contribution in [-0.2, 0) is 4.79 Å². The van der Waals surface area contributed by atoms with Crippen LogP contribution < -0.4 is 10.4 Å². The fourth-order valence-electron chi connectivity index (χ4n) is 3.30. The van der Waals surface area contributed by atoms with Crippen LogP contribution in [0.15, 0.2) is 46.4 Å². The summed E-state index contributed by atoms with van der Waals surface area (Å²) in [5.41, 5.74) is 5.67. The van der Waals surface area contributed by atoms with Gasteiger partial charge in [-0.2, -0.15) is 0 Å². The molecule has 2 aromatic rings. The zero-order chi connectivity index (χ0) is 19.6. The fraction of sp³-hybridized carbons (Fsp3) is 0.421. The predicted molar refractivity (Wildman–Crippen MR) is 104 cm³/mol. The largest absolute Gasteiger partial charge is 0.378 e. The second kappa shape index (κ2) is 7.79. The Labute approximate surface area is 158 Å². The van der Waals surface area contributed by atoms with Gasteiger partial charge < -0.3 is 9.88 Å². The summed E-state index contributed by atoms with van der Waals surface area (Å²) in [5, 5.41) is 20.2. The summed E-state index contributed by atoms with van der Waals surface area (Å²) >= 11 is 0. The zero-order valence-electron chi connectivity index (χ0n) is 16.1. The summed E-state index contributed by atoms with van der Waals surface area (Å²) in [5.74, 6) is -0.158. The van der Waals surface area contributed by atoms with Crippen LogP contribution in [0, 0.1) is 5.92 Å². The van der Waals surface area contributed by atoms with Crippen molar-refractivity contribution in [2.45, 2.75) is 26.3 Å². The van der Waals surface area contributed by atoms with Crippen LogP contribution in [0.5, 0.6) is 0 Å². The van der Waals surface area contributed by atoms with Crippen LogP contribution in [0.4, 0.5) is 5.69 Å². The Kier molecular flexibility index (Phi) is 5.46. The van der Waals surface area contributed by atoms with E-state index in [0.717, 1.165) is 28.0 Å². The van der Waals surface area contributed by atoms with Gasteiger partial charge in [-0.15, -0.1) is 5.11 Å². The Morgan fingerprint density at radius 3 is 2.85 bits per heavy atom. The first kappa shape index (κ1) is 18.9. The Hall–Kier alpha value is -2.87. The molecule has 144 valence electrons. The molecule has 27 heavy (non-hydrogen) atoms. The molecule has 0 saturated heterocycles. The molecule has 1 aliphatic heterocycles. The maximum absolute atomic E-state index is 11.2. The molecule has 0 aliphatic carbocycles. The van der Waals surface area contributed by atoms with Crippen molar-refractivity contribution < 1.29 is 10.0 Å². The summed E-state index contributed by atoms with van der Waals surface area (Å²) in [6.45, 7) is 4.83. The summed E-state index contributed by atoms with van der Waals surface area (Å²) in [6.07, 6.45) is 1.76. The number of hydrogen-bond donors (Lipinski definition) is 3.